The van der Waals surface area contributed by atoms with E-state index in [4.69, 9.17) is 23.9 Å². The van der Waals surface area contributed by atoms with E-state index >= 15 is 0 Å². The molecule has 0 fully saturated rings. The molecular formula is C24H25N5O5. The van der Waals surface area contributed by atoms with Gasteiger partial charge in [-0.15, -0.1) is 5.10 Å². The zero-order valence-corrected chi connectivity index (χ0v) is 19.8. The Balaban J connectivity index is 1.82. The molecule has 0 aliphatic carbocycles. The standard InChI is InChI=1S/C24H25N5O5/c1-13-21-24(34-18-11-19(31-4)22(33-6)20(12-18)32-5)27-23(28-29(21)14(2)25-13)16-7-9-17(10-8-16)26-15(3)30/h7-12H,1-6H3,(H,26,30). The van der Waals surface area contributed by atoms with Gasteiger partial charge in [0, 0.05) is 30.3 Å². The first kappa shape index (κ1) is 22.8. The predicted molar refractivity (Wildman–Crippen MR) is 126 cm³/mol. The third-order valence-corrected chi connectivity index (χ3v) is 5.11. The van der Waals surface area contributed by atoms with Gasteiger partial charge in [-0.2, -0.15) is 4.98 Å². The van der Waals surface area contributed by atoms with Crippen LogP contribution in [0.5, 0.6) is 28.9 Å². The number of hydrogen-bond acceptors (Lipinski definition) is 8. The first-order chi connectivity index (χ1) is 16.3. The number of carbonyl (C=O) groups excluding carboxylic acids is 1. The maximum absolute atomic E-state index is 11.3. The Hall–Kier alpha value is -4.34. The molecule has 1 amide bonds. The van der Waals surface area contributed by atoms with Crippen molar-refractivity contribution >= 4 is 17.1 Å². The van der Waals surface area contributed by atoms with E-state index in [1.54, 1.807) is 28.8 Å². The molecule has 0 saturated carbocycles. The van der Waals surface area contributed by atoms with Gasteiger partial charge in [-0.25, -0.2) is 9.50 Å². The van der Waals surface area contributed by atoms with Gasteiger partial charge < -0.3 is 24.3 Å². The largest absolute Gasteiger partial charge is 0.493 e. The second kappa shape index (κ2) is 9.26. The van der Waals surface area contributed by atoms with Crippen molar-refractivity contribution in [2.75, 3.05) is 26.6 Å². The summed E-state index contributed by atoms with van der Waals surface area (Å²) in [4.78, 5) is 20.5. The Labute approximate surface area is 196 Å². The summed E-state index contributed by atoms with van der Waals surface area (Å²) in [5.41, 5.74) is 2.80. The second-order valence-electron chi connectivity index (χ2n) is 7.47. The van der Waals surface area contributed by atoms with Crippen molar-refractivity contribution in [2.24, 2.45) is 0 Å². The summed E-state index contributed by atoms with van der Waals surface area (Å²) >= 11 is 0. The van der Waals surface area contributed by atoms with Crippen molar-refractivity contribution in [1.29, 1.82) is 0 Å². The highest BCUT2D eigenvalue weighted by atomic mass is 16.5. The molecule has 1 N–H and O–H groups in total. The summed E-state index contributed by atoms with van der Waals surface area (Å²) in [7, 11) is 4.62. The summed E-state index contributed by atoms with van der Waals surface area (Å²) in [5.74, 6) is 3.13. The number of methoxy groups -OCH3 is 3. The van der Waals surface area contributed by atoms with Gasteiger partial charge in [-0.3, -0.25) is 4.79 Å². The van der Waals surface area contributed by atoms with Crippen molar-refractivity contribution in [2.45, 2.75) is 20.8 Å². The van der Waals surface area contributed by atoms with E-state index < -0.39 is 0 Å². The molecule has 0 atom stereocenters. The molecule has 2 heterocycles. The minimum absolute atomic E-state index is 0.143. The van der Waals surface area contributed by atoms with Gasteiger partial charge in [-0.1, -0.05) is 0 Å². The number of hydrogen-bond donors (Lipinski definition) is 1. The molecule has 0 aliphatic rings. The van der Waals surface area contributed by atoms with Crippen LogP contribution in [-0.4, -0.2) is 46.8 Å². The summed E-state index contributed by atoms with van der Waals surface area (Å²) in [5, 5.41) is 7.41. The van der Waals surface area contributed by atoms with E-state index in [2.05, 4.69) is 15.4 Å². The third-order valence-electron chi connectivity index (χ3n) is 5.11. The highest BCUT2D eigenvalue weighted by Crippen LogP contribution is 2.42. The van der Waals surface area contributed by atoms with Crippen molar-refractivity contribution in [3.63, 3.8) is 0 Å². The minimum atomic E-state index is -0.143. The molecule has 176 valence electrons. The summed E-state index contributed by atoms with van der Waals surface area (Å²) < 4.78 is 24.2. The van der Waals surface area contributed by atoms with Crippen LogP contribution in [0.3, 0.4) is 0 Å². The number of aryl methyl sites for hydroxylation is 2. The van der Waals surface area contributed by atoms with Gasteiger partial charge in [-0.05, 0) is 38.1 Å². The monoisotopic (exact) mass is 463 g/mol. The maximum atomic E-state index is 11.3. The number of rotatable bonds is 7. The fourth-order valence-corrected chi connectivity index (χ4v) is 3.62. The molecule has 34 heavy (non-hydrogen) atoms. The van der Waals surface area contributed by atoms with Gasteiger partial charge >= 0.3 is 0 Å². The third kappa shape index (κ3) is 4.29. The average molecular weight is 463 g/mol. The van der Waals surface area contributed by atoms with E-state index in [0.717, 1.165) is 11.3 Å². The number of anilines is 1. The number of imidazole rings is 1. The lowest BCUT2D eigenvalue weighted by Crippen LogP contribution is -2.06. The maximum Gasteiger partial charge on any atom is 0.249 e. The van der Waals surface area contributed by atoms with Crippen molar-refractivity contribution in [1.82, 2.24) is 19.6 Å². The Kier molecular flexibility index (Phi) is 6.22. The van der Waals surface area contributed by atoms with E-state index in [9.17, 15) is 4.79 Å². The molecule has 0 radical (unpaired) electrons. The van der Waals surface area contributed by atoms with Crippen molar-refractivity contribution in [3.8, 4) is 40.3 Å². The average Bonchev–Trinajstić information content (AvgIpc) is 3.11. The SMILES string of the molecule is COc1cc(Oc2nc(-c3ccc(NC(C)=O)cc3)nn3c(C)nc(C)c23)cc(OC)c1OC. The lowest BCUT2D eigenvalue weighted by Gasteiger charge is -2.15. The smallest absolute Gasteiger partial charge is 0.249 e. The van der Waals surface area contributed by atoms with Crippen LogP contribution >= 0.6 is 0 Å². The molecule has 0 bridgehead atoms. The quantitative estimate of drug-likeness (QED) is 0.435. The van der Waals surface area contributed by atoms with Crippen LogP contribution in [-0.2, 0) is 4.79 Å². The number of nitrogens with one attached hydrogen (secondary N) is 1. The summed E-state index contributed by atoms with van der Waals surface area (Å²) in [6.45, 7) is 5.19. The van der Waals surface area contributed by atoms with Crippen LogP contribution in [0.1, 0.15) is 18.4 Å². The number of fused-ring (bicyclic) bond motifs is 1. The normalized spacial score (nSPS) is 10.8. The molecule has 0 spiro atoms. The molecule has 10 heteroatoms. The molecule has 4 rings (SSSR count). The van der Waals surface area contributed by atoms with Crippen molar-refractivity contribution < 1.29 is 23.7 Å². The number of nitrogens with zero attached hydrogens (tertiary/aromatic N) is 4. The Morgan fingerprint density at radius 2 is 1.59 bits per heavy atom. The fourth-order valence-electron chi connectivity index (χ4n) is 3.62. The van der Waals surface area contributed by atoms with Gasteiger partial charge in [0.15, 0.2) is 22.8 Å². The second-order valence-corrected chi connectivity index (χ2v) is 7.47. The molecule has 4 aromatic rings. The Morgan fingerprint density at radius 1 is 0.941 bits per heavy atom. The first-order valence-corrected chi connectivity index (χ1v) is 10.4. The number of ether oxygens (including phenoxy) is 4. The number of aromatic nitrogens is 4. The molecule has 0 unspecified atom stereocenters. The van der Waals surface area contributed by atoms with Crippen LogP contribution < -0.4 is 24.3 Å². The van der Waals surface area contributed by atoms with Gasteiger partial charge in [0.1, 0.15) is 11.6 Å². The van der Waals surface area contributed by atoms with Crippen LogP contribution in [0, 0.1) is 13.8 Å². The van der Waals surface area contributed by atoms with Crippen LogP contribution in [0.25, 0.3) is 16.9 Å². The van der Waals surface area contributed by atoms with Crippen molar-refractivity contribution in [3.05, 3.63) is 47.9 Å². The highest BCUT2D eigenvalue weighted by molar-refractivity contribution is 5.88. The van der Waals surface area contributed by atoms with Crippen LogP contribution in [0.2, 0.25) is 0 Å². The van der Waals surface area contributed by atoms with E-state index in [1.165, 1.54) is 28.3 Å². The van der Waals surface area contributed by atoms with Crippen LogP contribution in [0.4, 0.5) is 5.69 Å². The lowest BCUT2D eigenvalue weighted by molar-refractivity contribution is -0.114. The number of carbonyl (C=O) groups is 1. The summed E-state index contributed by atoms with van der Waals surface area (Å²) in [6.07, 6.45) is 0. The molecular weight excluding hydrogens is 438 g/mol. The van der Waals surface area contributed by atoms with E-state index in [1.807, 2.05) is 26.0 Å². The topological polar surface area (TPSA) is 109 Å². The molecule has 2 aromatic heterocycles. The highest BCUT2D eigenvalue weighted by Gasteiger charge is 2.20. The number of benzene rings is 2. The zero-order valence-electron chi connectivity index (χ0n) is 19.8. The van der Waals surface area contributed by atoms with Gasteiger partial charge in [0.25, 0.3) is 0 Å². The molecule has 2 aromatic carbocycles. The van der Waals surface area contributed by atoms with Gasteiger partial charge in [0.2, 0.25) is 17.5 Å². The Bertz CT molecular complexity index is 1340. The summed E-state index contributed by atoms with van der Waals surface area (Å²) in [6, 6.07) is 10.6. The van der Waals surface area contributed by atoms with Gasteiger partial charge in [0.05, 0.1) is 27.0 Å². The first-order valence-electron chi connectivity index (χ1n) is 10.4. The van der Waals surface area contributed by atoms with E-state index in [0.29, 0.717) is 51.7 Å². The molecule has 10 nitrogen and oxygen atoms in total. The van der Waals surface area contributed by atoms with E-state index in [-0.39, 0.29) is 5.91 Å². The molecule has 0 aliphatic heterocycles. The number of amides is 1. The minimum Gasteiger partial charge on any atom is -0.493 e. The molecule has 0 saturated heterocycles. The van der Waals surface area contributed by atoms with Crippen LogP contribution in [0.15, 0.2) is 36.4 Å². The zero-order chi connectivity index (χ0) is 24.4. The fraction of sp³-hybridized carbons (Fsp3) is 0.250. The lowest BCUT2D eigenvalue weighted by atomic mass is 10.2. The predicted octanol–water partition coefficient (Wildman–Crippen LogP) is 4.18. The Morgan fingerprint density at radius 3 is 2.15 bits per heavy atom.